The Morgan fingerprint density at radius 1 is 0.865 bits per heavy atom. The number of carbonyl (C=O) groups excluding carboxylic acids is 1. The summed E-state index contributed by atoms with van der Waals surface area (Å²) in [5, 5.41) is 3.65. The van der Waals surface area contributed by atoms with Gasteiger partial charge in [-0.15, -0.1) is 0 Å². The molecule has 0 amide bonds. The van der Waals surface area contributed by atoms with E-state index >= 15 is 0 Å². The van der Waals surface area contributed by atoms with Crippen LogP contribution >= 0.6 is 0 Å². The second kappa shape index (κ2) is 9.90. The molecule has 1 heterocycles. The van der Waals surface area contributed by atoms with Crippen LogP contribution in [0.5, 0.6) is 0 Å². The fourth-order valence-electron chi connectivity index (χ4n) is 4.49. The molecule has 1 aromatic heterocycles. The minimum Gasteiger partial charge on any atom is -0.381 e. The molecule has 0 bridgehead atoms. The average Bonchev–Trinajstić information content (AvgIpc) is 2.90. The van der Waals surface area contributed by atoms with Crippen LogP contribution in [-0.4, -0.2) is 10.8 Å². The molecule has 0 fully saturated rings. The number of pyridine rings is 1. The number of para-hydroxylation sites is 1. The normalized spacial score (nSPS) is 11.5. The predicted octanol–water partition coefficient (Wildman–Crippen LogP) is 8.07. The molecule has 5 rings (SSSR count). The maximum atomic E-state index is 13.8. The highest BCUT2D eigenvalue weighted by Crippen LogP contribution is 2.39. The van der Waals surface area contributed by atoms with Gasteiger partial charge < -0.3 is 5.32 Å². The number of benzene rings is 4. The van der Waals surface area contributed by atoms with Crippen LogP contribution in [0.2, 0.25) is 0 Å². The number of fused-ring (bicyclic) bond motifs is 1. The van der Waals surface area contributed by atoms with Crippen molar-refractivity contribution in [2.75, 3.05) is 5.32 Å². The molecule has 0 unspecified atom stereocenters. The lowest BCUT2D eigenvalue weighted by molar-refractivity contribution is -0.136. The topological polar surface area (TPSA) is 42.0 Å². The number of nitrogens with zero attached hydrogens (tertiary/aromatic N) is 1. The summed E-state index contributed by atoms with van der Waals surface area (Å²) in [4.78, 5) is 17.6. The van der Waals surface area contributed by atoms with Gasteiger partial charge in [0.1, 0.15) is 0 Å². The third kappa shape index (κ3) is 5.09. The Hall–Kier alpha value is -4.45. The van der Waals surface area contributed by atoms with E-state index in [1.165, 1.54) is 12.3 Å². The second-order valence-corrected chi connectivity index (χ2v) is 8.86. The third-order valence-corrected chi connectivity index (χ3v) is 6.21. The van der Waals surface area contributed by atoms with Crippen LogP contribution in [0.15, 0.2) is 103 Å². The average molecular weight is 497 g/mol. The van der Waals surface area contributed by atoms with Crippen LogP contribution in [0, 0.1) is 6.92 Å². The van der Waals surface area contributed by atoms with E-state index in [2.05, 4.69) is 16.4 Å². The first-order valence-electron chi connectivity index (χ1n) is 11.8. The monoisotopic (exact) mass is 496 g/mol. The fourth-order valence-corrected chi connectivity index (χ4v) is 4.49. The molecule has 0 aliphatic heterocycles. The van der Waals surface area contributed by atoms with Crippen molar-refractivity contribution >= 4 is 22.4 Å². The smallest absolute Gasteiger partial charge is 0.381 e. The zero-order valence-electron chi connectivity index (χ0n) is 20.0. The van der Waals surface area contributed by atoms with Crippen molar-refractivity contribution in [3.8, 4) is 11.1 Å². The van der Waals surface area contributed by atoms with E-state index in [4.69, 9.17) is 0 Å². The SMILES string of the molecule is Cc1cccc(CNc2cccc(-c3c(C(=O)c4ccccc4)cnc4c(C(F)(F)F)cccc34)c2)c1. The number of ketones is 1. The summed E-state index contributed by atoms with van der Waals surface area (Å²) in [5.74, 6) is -0.305. The van der Waals surface area contributed by atoms with Crippen LogP contribution in [0.25, 0.3) is 22.0 Å². The quantitative estimate of drug-likeness (QED) is 0.242. The van der Waals surface area contributed by atoms with Gasteiger partial charge in [0.05, 0.1) is 11.1 Å². The zero-order valence-corrected chi connectivity index (χ0v) is 20.0. The predicted molar refractivity (Wildman–Crippen MR) is 141 cm³/mol. The van der Waals surface area contributed by atoms with E-state index in [9.17, 15) is 18.0 Å². The van der Waals surface area contributed by atoms with E-state index in [-0.39, 0.29) is 22.2 Å². The van der Waals surface area contributed by atoms with Crippen molar-refractivity contribution in [2.24, 2.45) is 0 Å². The molecule has 6 heteroatoms. The Labute approximate surface area is 212 Å². The van der Waals surface area contributed by atoms with Crippen LogP contribution < -0.4 is 5.32 Å². The molecule has 184 valence electrons. The fraction of sp³-hybridized carbons (Fsp3) is 0.0968. The van der Waals surface area contributed by atoms with Crippen molar-refractivity contribution in [3.63, 3.8) is 0 Å². The van der Waals surface area contributed by atoms with Gasteiger partial charge in [0.25, 0.3) is 0 Å². The summed E-state index contributed by atoms with van der Waals surface area (Å²) in [5.41, 5.74) is 3.75. The molecule has 0 atom stereocenters. The highest BCUT2D eigenvalue weighted by atomic mass is 19.4. The molecule has 37 heavy (non-hydrogen) atoms. The van der Waals surface area contributed by atoms with Gasteiger partial charge in [0.15, 0.2) is 5.78 Å². The Morgan fingerprint density at radius 3 is 2.38 bits per heavy atom. The van der Waals surface area contributed by atoms with Gasteiger partial charge in [-0.2, -0.15) is 13.2 Å². The van der Waals surface area contributed by atoms with Crippen molar-refractivity contribution < 1.29 is 18.0 Å². The first kappa shape index (κ1) is 24.3. The first-order valence-corrected chi connectivity index (χ1v) is 11.8. The molecular formula is C31H23F3N2O. The van der Waals surface area contributed by atoms with Gasteiger partial charge in [0.2, 0.25) is 0 Å². The summed E-state index contributed by atoms with van der Waals surface area (Å²) < 4.78 is 41.4. The van der Waals surface area contributed by atoms with E-state index in [1.807, 2.05) is 43.3 Å². The molecule has 0 aliphatic carbocycles. The van der Waals surface area contributed by atoms with Gasteiger partial charge in [-0.3, -0.25) is 9.78 Å². The molecule has 4 aromatic carbocycles. The number of rotatable bonds is 6. The van der Waals surface area contributed by atoms with Gasteiger partial charge in [-0.05, 0) is 36.2 Å². The van der Waals surface area contributed by atoms with E-state index in [0.29, 0.717) is 23.2 Å². The number of alkyl halides is 3. The van der Waals surface area contributed by atoms with Crippen molar-refractivity contribution in [2.45, 2.75) is 19.6 Å². The van der Waals surface area contributed by atoms with E-state index in [0.717, 1.165) is 22.9 Å². The Kier molecular flexibility index (Phi) is 6.49. The van der Waals surface area contributed by atoms with Crippen LogP contribution in [-0.2, 0) is 12.7 Å². The number of hydrogen-bond acceptors (Lipinski definition) is 3. The number of aryl methyl sites for hydroxylation is 1. The highest BCUT2D eigenvalue weighted by molar-refractivity contribution is 6.16. The Balaban J connectivity index is 1.65. The zero-order chi connectivity index (χ0) is 26.0. The minimum absolute atomic E-state index is 0.187. The maximum absolute atomic E-state index is 13.8. The summed E-state index contributed by atoms with van der Waals surface area (Å²) in [6.45, 7) is 2.61. The van der Waals surface area contributed by atoms with Gasteiger partial charge >= 0.3 is 6.18 Å². The van der Waals surface area contributed by atoms with Crippen molar-refractivity contribution in [1.82, 2.24) is 4.98 Å². The Morgan fingerprint density at radius 2 is 1.62 bits per heavy atom. The summed E-state index contributed by atoms with van der Waals surface area (Å²) >= 11 is 0. The number of hydrogen-bond donors (Lipinski definition) is 1. The first-order chi connectivity index (χ1) is 17.8. The van der Waals surface area contributed by atoms with E-state index in [1.54, 1.807) is 42.5 Å². The molecule has 0 saturated carbocycles. The number of halogens is 3. The van der Waals surface area contributed by atoms with Crippen LogP contribution in [0.4, 0.5) is 18.9 Å². The maximum Gasteiger partial charge on any atom is 0.418 e. The molecule has 3 nitrogen and oxygen atoms in total. The molecule has 0 radical (unpaired) electrons. The van der Waals surface area contributed by atoms with E-state index < -0.39 is 11.7 Å². The largest absolute Gasteiger partial charge is 0.418 e. The van der Waals surface area contributed by atoms with Crippen LogP contribution in [0.3, 0.4) is 0 Å². The molecular weight excluding hydrogens is 473 g/mol. The summed E-state index contributed by atoms with van der Waals surface area (Å²) in [7, 11) is 0. The minimum atomic E-state index is -4.58. The molecule has 0 saturated heterocycles. The molecule has 5 aromatic rings. The number of anilines is 1. The summed E-state index contributed by atoms with van der Waals surface area (Å²) in [6, 6.07) is 28.1. The van der Waals surface area contributed by atoms with Crippen LogP contribution in [0.1, 0.15) is 32.6 Å². The Bertz CT molecular complexity index is 1590. The van der Waals surface area contributed by atoms with Crippen molar-refractivity contribution in [3.05, 3.63) is 131 Å². The number of nitrogens with one attached hydrogen (secondary N) is 1. The number of aromatic nitrogens is 1. The lowest BCUT2D eigenvalue weighted by Gasteiger charge is -2.17. The van der Waals surface area contributed by atoms with Gasteiger partial charge in [0, 0.05) is 40.5 Å². The highest BCUT2D eigenvalue weighted by Gasteiger charge is 2.34. The second-order valence-electron chi connectivity index (χ2n) is 8.86. The van der Waals surface area contributed by atoms with Crippen molar-refractivity contribution in [1.29, 1.82) is 0 Å². The lowest BCUT2D eigenvalue weighted by Crippen LogP contribution is -2.09. The summed E-state index contributed by atoms with van der Waals surface area (Å²) in [6.07, 6.45) is -3.32. The molecule has 0 spiro atoms. The standard InChI is InChI=1S/C31H23F3N2O/c1-20-8-5-9-21(16-20)18-35-24-13-6-12-23(17-24)28-25-14-7-15-27(31(32,33)34)29(25)36-19-26(28)30(37)22-10-3-2-4-11-22/h2-17,19,35H,18H2,1H3. The van der Waals surface area contributed by atoms with Gasteiger partial charge in [-0.1, -0.05) is 84.4 Å². The van der Waals surface area contributed by atoms with Gasteiger partial charge in [-0.25, -0.2) is 0 Å². The molecule has 1 N–H and O–H groups in total. The third-order valence-electron chi connectivity index (χ3n) is 6.21. The molecule has 0 aliphatic rings. The number of carbonyl (C=O) groups is 1. The lowest BCUT2D eigenvalue weighted by atomic mass is 9.91.